The van der Waals surface area contributed by atoms with Crippen molar-refractivity contribution >= 4 is 11.6 Å². The van der Waals surface area contributed by atoms with Crippen LogP contribution in [-0.2, 0) is 5.41 Å². The molecule has 5 heteroatoms. The second kappa shape index (κ2) is 4.65. The van der Waals surface area contributed by atoms with Crippen LogP contribution in [0.1, 0.15) is 26.6 Å². The number of hydrogen-bond donors (Lipinski definition) is 2. The molecule has 1 rings (SSSR count). The Bertz CT molecular complexity index is 359. The first-order valence-electron chi connectivity index (χ1n) is 5.31. The van der Waals surface area contributed by atoms with Gasteiger partial charge in [0.2, 0.25) is 0 Å². The van der Waals surface area contributed by atoms with Crippen LogP contribution in [-0.4, -0.2) is 35.3 Å². The molecular weight excluding hydrogens is 204 g/mol. The van der Waals surface area contributed by atoms with Crippen LogP contribution in [0.5, 0.6) is 0 Å². The molecule has 16 heavy (non-hydrogen) atoms. The lowest BCUT2D eigenvalue weighted by atomic mass is 9.96. The molecule has 0 spiro atoms. The first kappa shape index (κ1) is 12.7. The number of likely N-dealkylation sites (N-methyl/N-ethyl adjacent to an activating group) is 1. The van der Waals surface area contributed by atoms with Crippen molar-refractivity contribution in [3.8, 4) is 0 Å². The van der Waals surface area contributed by atoms with Crippen LogP contribution in [0.25, 0.3) is 0 Å². The van der Waals surface area contributed by atoms with Crippen molar-refractivity contribution < 1.29 is 5.11 Å². The van der Waals surface area contributed by atoms with E-state index in [4.69, 9.17) is 10.8 Å². The summed E-state index contributed by atoms with van der Waals surface area (Å²) in [5.74, 6) is 1.92. The van der Waals surface area contributed by atoms with Gasteiger partial charge in [0.15, 0.2) is 0 Å². The van der Waals surface area contributed by atoms with Gasteiger partial charge in [0.05, 0.1) is 6.61 Å². The Kier molecular flexibility index (Phi) is 3.70. The highest BCUT2D eigenvalue weighted by Crippen LogP contribution is 2.22. The maximum atomic E-state index is 8.88. The van der Waals surface area contributed by atoms with Crippen LogP contribution in [0.2, 0.25) is 0 Å². The van der Waals surface area contributed by atoms with Crippen LogP contribution in [0.15, 0.2) is 6.07 Å². The SMILES string of the molecule is CN(CCO)c1cc(N)nc(C(C)(C)C)n1. The monoisotopic (exact) mass is 224 g/mol. The van der Waals surface area contributed by atoms with Crippen molar-refractivity contribution in [2.75, 3.05) is 30.8 Å². The summed E-state index contributed by atoms with van der Waals surface area (Å²) in [5.41, 5.74) is 5.62. The molecule has 0 aromatic carbocycles. The van der Waals surface area contributed by atoms with Crippen molar-refractivity contribution in [3.05, 3.63) is 11.9 Å². The van der Waals surface area contributed by atoms with Gasteiger partial charge in [-0.3, -0.25) is 0 Å². The predicted molar refractivity (Wildman–Crippen MR) is 65.5 cm³/mol. The molecule has 0 unspecified atom stereocenters. The summed E-state index contributed by atoms with van der Waals surface area (Å²) in [4.78, 5) is 10.5. The topological polar surface area (TPSA) is 75.3 Å². The van der Waals surface area contributed by atoms with Gasteiger partial charge in [0.1, 0.15) is 17.5 Å². The molecule has 0 atom stereocenters. The van der Waals surface area contributed by atoms with Crippen LogP contribution in [0.3, 0.4) is 0 Å². The fourth-order valence-corrected chi connectivity index (χ4v) is 1.25. The van der Waals surface area contributed by atoms with Gasteiger partial charge in [-0.25, -0.2) is 9.97 Å². The summed E-state index contributed by atoms with van der Waals surface area (Å²) in [5, 5.41) is 8.88. The Morgan fingerprint density at radius 1 is 1.38 bits per heavy atom. The van der Waals surface area contributed by atoms with E-state index in [0.29, 0.717) is 18.2 Å². The molecule has 0 aliphatic carbocycles. The quantitative estimate of drug-likeness (QED) is 0.793. The summed E-state index contributed by atoms with van der Waals surface area (Å²) in [6.07, 6.45) is 0. The van der Waals surface area contributed by atoms with E-state index in [1.807, 2.05) is 32.7 Å². The minimum Gasteiger partial charge on any atom is -0.395 e. The lowest BCUT2D eigenvalue weighted by Crippen LogP contribution is -2.25. The second-order valence-corrected chi connectivity index (χ2v) is 4.87. The molecule has 1 aromatic heterocycles. The number of nitrogens with zero attached hydrogens (tertiary/aromatic N) is 3. The molecular formula is C11H20N4O. The molecule has 1 heterocycles. The van der Waals surface area contributed by atoms with Crippen molar-refractivity contribution in [2.24, 2.45) is 0 Å². The number of aliphatic hydroxyl groups is 1. The summed E-state index contributed by atoms with van der Waals surface area (Å²) in [6, 6.07) is 1.71. The van der Waals surface area contributed by atoms with E-state index >= 15 is 0 Å². The van der Waals surface area contributed by atoms with Gasteiger partial charge in [-0.15, -0.1) is 0 Å². The van der Waals surface area contributed by atoms with E-state index in [9.17, 15) is 0 Å². The van der Waals surface area contributed by atoms with E-state index in [-0.39, 0.29) is 12.0 Å². The Labute approximate surface area is 96.3 Å². The fourth-order valence-electron chi connectivity index (χ4n) is 1.25. The van der Waals surface area contributed by atoms with Crippen molar-refractivity contribution in [3.63, 3.8) is 0 Å². The summed E-state index contributed by atoms with van der Waals surface area (Å²) < 4.78 is 0. The largest absolute Gasteiger partial charge is 0.395 e. The average molecular weight is 224 g/mol. The predicted octanol–water partition coefficient (Wildman–Crippen LogP) is 0.785. The van der Waals surface area contributed by atoms with E-state index in [2.05, 4.69) is 9.97 Å². The van der Waals surface area contributed by atoms with E-state index in [1.54, 1.807) is 6.07 Å². The second-order valence-electron chi connectivity index (χ2n) is 4.87. The fraction of sp³-hybridized carbons (Fsp3) is 0.636. The van der Waals surface area contributed by atoms with Crippen LogP contribution >= 0.6 is 0 Å². The molecule has 0 saturated heterocycles. The van der Waals surface area contributed by atoms with Gasteiger partial charge in [-0.05, 0) is 0 Å². The van der Waals surface area contributed by atoms with Crippen molar-refractivity contribution in [1.82, 2.24) is 9.97 Å². The summed E-state index contributed by atoms with van der Waals surface area (Å²) in [6.45, 7) is 6.73. The molecule has 0 saturated carbocycles. The molecule has 5 nitrogen and oxygen atoms in total. The number of rotatable bonds is 3. The van der Waals surface area contributed by atoms with E-state index < -0.39 is 0 Å². The van der Waals surface area contributed by atoms with Gasteiger partial charge < -0.3 is 15.7 Å². The Morgan fingerprint density at radius 2 is 2.00 bits per heavy atom. The van der Waals surface area contributed by atoms with Crippen molar-refractivity contribution in [1.29, 1.82) is 0 Å². The number of aliphatic hydroxyl groups excluding tert-OH is 1. The first-order chi connectivity index (χ1) is 7.34. The third kappa shape index (κ3) is 3.06. The van der Waals surface area contributed by atoms with Crippen LogP contribution in [0.4, 0.5) is 11.6 Å². The molecule has 3 N–H and O–H groups in total. The molecule has 0 bridgehead atoms. The Balaban J connectivity index is 3.08. The molecule has 0 radical (unpaired) electrons. The van der Waals surface area contributed by atoms with Gasteiger partial charge in [-0.1, -0.05) is 20.8 Å². The molecule has 0 aliphatic rings. The summed E-state index contributed by atoms with van der Waals surface area (Å²) >= 11 is 0. The zero-order chi connectivity index (χ0) is 12.3. The number of hydrogen-bond acceptors (Lipinski definition) is 5. The highest BCUT2D eigenvalue weighted by Gasteiger charge is 2.19. The number of aromatic nitrogens is 2. The molecule has 1 aromatic rings. The minimum atomic E-state index is -0.135. The molecule has 0 amide bonds. The molecule has 90 valence electrons. The normalized spacial score (nSPS) is 11.6. The third-order valence-corrected chi connectivity index (χ3v) is 2.23. The number of anilines is 2. The van der Waals surface area contributed by atoms with Crippen molar-refractivity contribution in [2.45, 2.75) is 26.2 Å². The van der Waals surface area contributed by atoms with Crippen LogP contribution in [0, 0.1) is 0 Å². The zero-order valence-electron chi connectivity index (χ0n) is 10.4. The minimum absolute atomic E-state index is 0.0886. The molecule has 0 fully saturated rings. The van der Waals surface area contributed by atoms with E-state index in [1.165, 1.54) is 0 Å². The first-order valence-corrected chi connectivity index (χ1v) is 5.31. The standard InChI is InChI=1S/C11H20N4O/c1-11(2,3)10-13-8(12)7-9(14-10)15(4)5-6-16/h7,16H,5-6H2,1-4H3,(H2,12,13,14). The summed E-state index contributed by atoms with van der Waals surface area (Å²) in [7, 11) is 1.87. The smallest absolute Gasteiger partial charge is 0.138 e. The Morgan fingerprint density at radius 3 is 2.50 bits per heavy atom. The lowest BCUT2D eigenvalue weighted by Gasteiger charge is -2.22. The highest BCUT2D eigenvalue weighted by molar-refractivity contribution is 5.47. The van der Waals surface area contributed by atoms with Gasteiger partial charge in [-0.2, -0.15) is 0 Å². The maximum Gasteiger partial charge on any atom is 0.138 e. The maximum absolute atomic E-state index is 8.88. The number of nitrogens with two attached hydrogens (primary N) is 1. The average Bonchev–Trinajstić information content (AvgIpc) is 2.16. The van der Waals surface area contributed by atoms with Gasteiger partial charge in [0, 0.05) is 25.1 Å². The lowest BCUT2D eigenvalue weighted by molar-refractivity contribution is 0.303. The number of nitrogen functional groups attached to an aromatic ring is 1. The highest BCUT2D eigenvalue weighted by atomic mass is 16.3. The Hall–Kier alpha value is -1.36. The van der Waals surface area contributed by atoms with E-state index in [0.717, 1.165) is 5.82 Å². The zero-order valence-corrected chi connectivity index (χ0v) is 10.4. The molecule has 0 aliphatic heterocycles. The third-order valence-electron chi connectivity index (χ3n) is 2.23. The van der Waals surface area contributed by atoms with Crippen LogP contribution < -0.4 is 10.6 Å². The van der Waals surface area contributed by atoms with Gasteiger partial charge >= 0.3 is 0 Å². The van der Waals surface area contributed by atoms with Gasteiger partial charge in [0.25, 0.3) is 0 Å².